The van der Waals surface area contributed by atoms with Crippen LogP contribution in [0, 0.1) is 0 Å². The van der Waals surface area contributed by atoms with E-state index in [0.717, 1.165) is 5.56 Å². The highest BCUT2D eigenvalue weighted by Crippen LogP contribution is 2.17. The molecule has 0 aromatic heterocycles. The average Bonchev–Trinajstić information content (AvgIpc) is 2.26. The zero-order valence-electron chi connectivity index (χ0n) is 10.2. The van der Waals surface area contributed by atoms with E-state index < -0.39 is 0 Å². The van der Waals surface area contributed by atoms with Crippen LogP contribution in [0.3, 0.4) is 0 Å². The lowest BCUT2D eigenvalue weighted by Gasteiger charge is -2.15. The van der Waals surface area contributed by atoms with E-state index in [9.17, 15) is 4.79 Å². The van der Waals surface area contributed by atoms with Gasteiger partial charge in [-0.3, -0.25) is 4.79 Å². The summed E-state index contributed by atoms with van der Waals surface area (Å²) in [5.74, 6) is 0.0229. The van der Waals surface area contributed by atoms with E-state index >= 15 is 0 Å². The molecule has 0 fully saturated rings. The van der Waals surface area contributed by atoms with Gasteiger partial charge in [0.2, 0.25) is 5.91 Å². The number of nitrogens with two attached hydrogens (primary N) is 1. The Balaban J connectivity index is 2.48. The zero-order chi connectivity index (χ0) is 12.8. The van der Waals surface area contributed by atoms with Gasteiger partial charge in [0, 0.05) is 17.5 Å². The Bertz CT molecular complexity index is 379. The molecule has 0 saturated heterocycles. The molecule has 0 bridgehead atoms. The van der Waals surface area contributed by atoms with E-state index in [-0.39, 0.29) is 18.0 Å². The molecule has 2 atom stereocenters. The van der Waals surface area contributed by atoms with E-state index in [0.29, 0.717) is 17.9 Å². The lowest BCUT2D eigenvalue weighted by molar-refractivity contribution is -0.121. The van der Waals surface area contributed by atoms with Crippen LogP contribution in [-0.2, 0) is 4.79 Å². The van der Waals surface area contributed by atoms with E-state index in [1.807, 2.05) is 38.1 Å². The lowest BCUT2D eigenvalue weighted by atomic mass is 10.1. The molecular weight excluding hydrogens is 236 g/mol. The van der Waals surface area contributed by atoms with Crippen LogP contribution >= 0.6 is 11.6 Å². The maximum atomic E-state index is 11.6. The maximum Gasteiger partial charge on any atom is 0.220 e. The van der Waals surface area contributed by atoms with Crippen LogP contribution in [0.25, 0.3) is 0 Å². The summed E-state index contributed by atoms with van der Waals surface area (Å²) in [7, 11) is 0. The second kappa shape index (κ2) is 6.62. The van der Waals surface area contributed by atoms with Crippen molar-refractivity contribution in [3.63, 3.8) is 0 Å². The van der Waals surface area contributed by atoms with Crippen molar-refractivity contribution in [2.45, 2.75) is 38.8 Å². The molecule has 0 heterocycles. The van der Waals surface area contributed by atoms with E-state index in [4.69, 9.17) is 17.3 Å². The van der Waals surface area contributed by atoms with Gasteiger partial charge < -0.3 is 11.1 Å². The molecule has 0 radical (unpaired) electrons. The summed E-state index contributed by atoms with van der Waals surface area (Å²) in [6, 6.07) is 7.52. The number of halogens is 1. The quantitative estimate of drug-likeness (QED) is 0.849. The van der Waals surface area contributed by atoms with Crippen molar-refractivity contribution in [1.29, 1.82) is 0 Å². The molecule has 0 aliphatic heterocycles. The summed E-state index contributed by atoms with van der Waals surface area (Å²) >= 11 is 5.90. The minimum Gasteiger partial charge on any atom is -0.350 e. The van der Waals surface area contributed by atoms with Gasteiger partial charge in [0.15, 0.2) is 0 Å². The normalized spacial score (nSPS) is 14.1. The molecule has 1 aromatic rings. The Morgan fingerprint density at radius 2 is 2.18 bits per heavy atom. The lowest BCUT2D eigenvalue weighted by Crippen LogP contribution is -2.28. The fourth-order valence-corrected chi connectivity index (χ4v) is 1.73. The predicted molar refractivity (Wildman–Crippen MR) is 70.9 cm³/mol. The molecule has 1 amide bonds. The van der Waals surface area contributed by atoms with E-state index in [2.05, 4.69) is 5.32 Å². The summed E-state index contributed by atoms with van der Waals surface area (Å²) in [5.41, 5.74) is 6.61. The van der Waals surface area contributed by atoms with Crippen molar-refractivity contribution in [3.8, 4) is 0 Å². The van der Waals surface area contributed by atoms with Crippen LogP contribution in [0.2, 0.25) is 5.02 Å². The molecule has 3 nitrogen and oxygen atoms in total. The number of rotatable bonds is 5. The van der Waals surface area contributed by atoms with Crippen molar-refractivity contribution in [2.24, 2.45) is 5.73 Å². The van der Waals surface area contributed by atoms with E-state index in [1.54, 1.807) is 0 Å². The van der Waals surface area contributed by atoms with Crippen LogP contribution in [0.5, 0.6) is 0 Å². The number of nitrogens with one attached hydrogen (secondary N) is 1. The van der Waals surface area contributed by atoms with Gasteiger partial charge in [-0.15, -0.1) is 0 Å². The Morgan fingerprint density at radius 3 is 2.76 bits per heavy atom. The number of hydrogen-bond donors (Lipinski definition) is 2. The number of carbonyl (C=O) groups is 1. The molecule has 0 spiro atoms. The average molecular weight is 255 g/mol. The highest BCUT2D eigenvalue weighted by molar-refractivity contribution is 6.30. The number of benzene rings is 1. The molecule has 1 rings (SSSR count). The number of hydrogen-bond acceptors (Lipinski definition) is 2. The highest BCUT2D eigenvalue weighted by atomic mass is 35.5. The molecule has 0 aliphatic carbocycles. The van der Waals surface area contributed by atoms with Crippen molar-refractivity contribution in [2.75, 3.05) is 0 Å². The first-order valence-electron chi connectivity index (χ1n) is 5.79. The Kier molecular flexibility index (Phi) is 5.45. The standard InChI is InChI=1S/C13H19ClN2O/c1-9(15)6-7-13(17)16-10(2)11-4-3-5-12(14)8-11/h3-5,8-10H,6-7,15H2,1-2H3,(H,16,17)/t9?,10-/m1/s1. The van der Waals surface area contributed by atoms with Crippen molar-refractivity contribution in [3.05, 3.63) is 34.9 Å². The summed E-state index contributed by atoms with van der Waals surface area (Å²) in [5, 5.41) is 3.61. The smallest absolute Gasteiger partial charge is 0.220 e. The van der Waals surface area contributed by atoms with Crippen molar-refractivity contribution >= 4 is 17.5 Å². The fraction of sp³-hybridized carbons (Fsp3) is 0.462. The largest absolute Gasteiger partial charge is 0.350 e. The van der Waals surface area contributed by atoms with Crippen LogP contribution in [0.4, 0.5) is 0 Å². The monoisotopic (exact) mass is 254 g/mol. The fourth-order valence-electron chi connectivity index (χ4n) is 1.53. The predicted octanol–water partition coefficient (Wildman–Crippen LogP) is 2.64. The van der Waals surface area contributed by atoms with Gasteiger partial charge in [-0.05, 0) is 38.0 Å². The van der Waals surface area contributed by atoms with Crippen LogP contribution in [-0.4, -0.2) is 11.9 Å². The van der Waals surface area contributed by atoms with E-state index in [1.165, 1.54) is 0 Å². The highest BCUT2D eigenvalue weighted by Gasteiger charge is 2.10. The zero-order valence-corrected chi connectivity index (χ0v) is 11.0. The van der Waals surface area contributed by atoms with Gasteiger partial charge in [-0.1, -0.05) is 23.7 Å². The van der Waals surface area contributed by atoms with Crippen molar-refractivity contribution < 1.29 is 4.79 Å². The second-order valence-corrected chi connectivity index (χ2v) is 4.80. The third-order valence-corrected chi connectivity index (χ3v) is 2.79. The Morgan fingerprint density at radius 1 is 1.47 bits per heavy atom. The van der Waals surface area contributed by atoms with Gasteiger partial charge in [0.1, 0.15) is 0 Å². The minimum atomic E-state index is -0.0331. The van der Waals surface area contributed by atoms with Crippen LogP contribution in [0.15, 0.2) is 24.3 Å². The Hall–Kier alpha value is -1.06. The second-order valence-electron chi connectivity index (χ2n) is 4.36. The molecule has 3 N–H and O–H groups in total. The van der Waals surface area contributed by atoms with Crippen LogP contribution < -0.4 is 11.1 Å². The summed E-state index contributed by atoms with van der Waals surface area (Å²) in [6.45, 7) is 3.84. The molecule has 0 aliphatic rings. The molecular formula is C13H19ClN2O. The third-order valence-electron chi connectivity index (χ3n) is 2.55. The number of carbonyl (C=O) groups excluding carboxylic acids is 1. The molecule has 0 saturated carbocycles. The van der Waals surface area contributed by atoms with Gasteiger partial charge in [-0.25, -0.2) is 0 Å². The summed E-state index contributed by atoms with van der Waals surface area (Å²) in [6.07, 6.45) is 1.16. The number of amides is 1. The van der Waals surface area contributed by atoms with Gasteiger partial charge in [0.25, 0.3) is 0 Å². The molecule has 94 valence electrons. The molecule has 1 unspecified atom stereocenters. The van der Waals surface area contributed by atoms with Gasteiger partial charge in [0.05, 0.1) is 6.04 Å². The molecule has 17 heavy (non-hydrogen) atoms. The first-order valence-corrected chi connectivity index (χ1v) is 6.17. The topological polar surface area (TPSA) is 55.1 Å². The summed E-state index contributed by atoms with van der Waals surface area (Å²) in [4.78, 5) is 11.6. The Labute approximate surface area is 107 Å². The third kappa shape index (κ3) is 5.20. The molecule has 1 aromatic carbocycles. The van der Waals surface area contributed by atoms with Gasteiger partial charge in [-0.2, -0.15) is 0 Å². The van der Waals surface area contributed by atoms with Crippen LogP contribution in [0.1, 0.15) is 38.3 Å². The SMILES string of the molecule is CC(N)CCC(=O)N[C@H](C)c1cccc(Cl)c1. The minimum absolute atomic E-state index is 0.0229. The maximum absolute atomic E-state index is 11.6. The summed E-state index contributed by atoms with van der Waals surface area (Å²) < 4.78 is 0. The first-order chi connectivity index (χ1) is 7.99. The first kappa shape index (κ1) is 14.0. The van der Waals surface area contributed by atoms with Crippen molar-refractivity contribution in [1.82, 2.24) is 5.32 Å². The van der Waals surface area contributed by atoms with Gasteiger partial charge >= 0.3 is 0 Å². The molecule has 4 heteroatoms.